The fourth-order valence-corrected chi connectivity index (χ4v) is 1.27. The monoisotopic (exact) mass is 344 g/mol. The molecule has 1 amide bonds. The number of halogens is 6. The standard InChI is InChI=1S/C11H10F6N4O2/c1-6(4-8(22)11(15,16)17)18-19-9(23)5-21-3-2-7(20-21)10(12,13)14/h2-4,18H,5H2,1H3,(H,19,23). The molecule has 0 atom stereocenters. The third-order valence-electron chi connectivity index (χ3n) is 2.26. The van der Waals surface area contributed by atoms with Crippen molar-refractivity contribution < 1.29 is 35.9 Å². The van der Waals surface area contributed by atoms with Crippen LogP contribution in [0, 0.1) is 0 Å². The Morgan fingerprint density at radius 1 is 1.22 bits per heavy atom. The van der Waals surface area contributed by atoms with Crippen LogP contribution < -0.4 is 10.9 Å². The first-order chi connectivity index (χ1) is 10.4. The Balaban J connectivity index is 2.53. The summed E-state index contributed by atoms with van der Waals surface area (Å²) in [6.45, 7) is 0.475. The van der Waals surface area contributed by atoms with Gasteiger partial charge in [0.05, 0.1) is 0 Å². The van der Waals surface area contributed by atoms with Crippen LogP contribution in [0.25, 0.3) is 0 Å². The van der Waals surface area contributed by atoms with Gasteiger partial charge in [0.2, 0.25) is 0 Å². The van der Waals surface area contributed by atoms with Gasteiger partial charge >= 0.3 is 12.4 Å². The van der Waals surface area contributed by atoms with E-state index in [2.05, 4.69) is 5.10 Å². The first-order valence-electron chi connectivity index (χ1n) is 5.84. The maximum atomic E-state index is 12.3. The molecule has 0 bridgehead atoms. The van der Waals surface area contributed by atoms with Gasteiger partial charge in [0.25, 0.3) is 11.7 Å². The smallest absolute Gasteiger partial charge is 0.303 e. The molecule has 0 aliphatic rings. The lowest BCUT2D eigenvalue weighted by molar-refractivity contribution is -0.165. The molecule has 0 aliphatic heterocycles. The number of carbonyl (C=O) groups is 2. The molecule has 128 valence electrons. The Hall–Kier alpha value is -2.53. The summed E-state index contributed by atoms with van der Waals surface area (Å²) in [7, 11) is 0. The maximum Gasteiger partial charge on any atom is 0.454 e. The van der Waals surface area contributed by atoms with E-state index in [1.165, 1.54) is 0 Å². The average molecular weight is 344 g/mol. The predicted molar refractivity (Wildman–Crippen MR) is 63.3 cm³/mol. The number of allylic oxidation sites excluding steroid dienone is 2. The molecule has 1 aromatic heterocycles. The highest BCUT2D eigenvalue weighted by Crippen LogP contribution is 2.27. The van der Waals surface area contributed by atoms with Crippen molar-refractivity contribution in [3.63, 3.8) is 0 Å². The van der Waals surface area contributed by atoms with E-state index in [4.69, 9.17) is 0 Å². The zero-order valence-corrected chi connectivity index (χ0v) is 11.4. The maximum absolute atomic E-state index is 12.3. The largest absolute Gasteiger partial charge is 0.454 e. The molecule has 0 unspecified atom stereocenters. The Morgan fingerprint density at radius 3 is 2.30 bits per heavy atom. The molecule has 2 N–H and O–H groups in total. The van der Waals surface area contributed by atoms with Gasteiger partial charge in [0.1, 0.15) is 6.54 Å². The van der Waals surface area contributed by atoms with E-state index >= 15 is 0 Å². The van der Waals surface area contributed by atoms with Crippen LogP contribution in [-0.4, -0.2) is 27.6 Å². The average Bonchev–Trinajstić information content (AvgIpc) is 2.83. The molecule has 0 saturated heterocycles. The van der Waals surface area contributed by atoms with E-state index in [-0.39, 0.29) is 11.8 Å². The van der Waals surface area contributed by atoms with E-state index < -0.39 is 36.3 Å². The van der Waals surface area contributed by atoms with E-state index in [1.807, 2.05) is 10.9 Å². The summed E-state index contributed by atoms with van der Waals surface area (Å²) in [5.74, 6) is -3.01. The van der Waals surface area contributed by atoms with Crippen LogP contribution in [0.5, 0.6) is 0 Å². The molecule has 0 saturated carbocycles. The fourth-order valence-electron chi connectivity index (χ4n) is 1.27. The number of nitrogens with one attached hydrogen (secondary N) is 2. The zero-order valence-electron chi connectivity index (χ0n) is 11.4. The third kappa shape index (κ3) is 6.00. The first-order valence-corrected chi connectivity index (χ1v) is 5.84. The molecule has 1 heterocycles. The topological polar surface area (TPSA) is 76.0 Å². The van der Waals surface area contributed by atoms with Crippen molar-refractivity contribution in [2.24, 2.45) is 0 Å². The van der Waals surface area contributed by atoms with Gasteiger partial charge in [-0.2, -0.15) is 31.4 Å². The van der Waals surface area contributed by atoms with Gasteiger partial charge in [-0.15, -0.1) is 0 Å². The van der Waals surface area contributed by atoms with Crippen LogP contribution in [0.4, 0.5) is 26.3 Å². The number of carbonyl (C=O) groups excluding carboxylic acids is 2. The molecular formula is C11H10F6N4O2. The second kappa shape index (κ2) is 6.71. The van der Waals surface area contributed by atoms with E-state index in [0.29, 0.717) is 10.7 Å². The number of hydrazine groups is 1. The van der Waals surface area contributed by atoms with E-state index in [9.17, 15) is 35.9 Å². The number of alkyl halides is 6. The van der Waals surface area contributed by atoms with Crippen LogP contribution in [0.15, 0.2) is 24.0 Å². The Bertz CT molecular complexity index is 617. The third-order valence-corrected chi connectivity index (χ3v) is 2.26. The molecule has 1 aromatic rings. The minimum absolute atomic E-state index is 0.218. The fraction of sp³-hybridized carbons (Fsp3) is 0.364. The number of nitrogens with zero attached hydrogens (tertiary/aromatic N) is 2. The molecule has 0 radical (unpaired) electrons. The normalized spacial score (nSPS) is 12.9. The highest BCUT2D eigenvalue weighted by atomic mass is 19.4. The van der Waals surface area contributed by atoms with Crippen molar-refractivity contribution in [1.82, 2.24) is 20.6 Å². The second-order valence-electron chi connectivity index (χ2n) is 4.26. The van der Waals surface area contributed by atoms with E-state index in [0.717, 1.165) is 13.1 Å². The number of ketones is 1. The molecular weight excluding hydrogens is 334 g/mol. The van der Waals surface area contributed by atoms with Crippen molar-refractivity contribution in [1.29, 1.82) is 0 Å². The Labute approximate surface area is 125 Å². The second-order valence-corrected chi connectivity index (χ2v) is 4.26. The van der Waals surface area contributed by atoms with Crippen molar-refractivity contribution in [2.45, 2.75) is 25.8 Å². The van der Waals surface area contributed by atoms with E-state index in [1.54, 1.807) is 0 Å². The van der Waals surface area contributed by atoms with Gasteiger partial charge < -0.3 is 5.43 Å². The van der Waals surface area contributed by atoms with Crippen LogP contribution in [-0.2, 0) is 22.3 Å². The number of hydrogen-bond donors (Lipinski definition) is 2. The lowest BCUT2D eigenvalue weighted by Gasteiger charge is -2.09. The molecule has 0 aromatic carbocycles. The van der Waals surface area contributed by atoms with Gasteiger partial charge in [0.15, 0.2) is 5.69 Å². The molecule has 0 aliphatic carbocycles. The highest BCUT2D eigenvalue weighted by molar-refractivity contribution is 5.94. The van der Waals surface area contributed by atoms with Crippen LogP contribution in [0.3, 0.4) is 0 Å². The lowest BCUT2D eigenvalue weighted by atomic mass is 10.3. The van der Waals surface area contributed by atoms with Crippen molar-refractivity contribution in [2.75, 3.05) is 0 Å². The summed E-state index contributed by atoms with van der Waals surface area (Å²) in [5.41, 5.74) is 2.44. The zero-order chi connectivity index (χ0) is 17.8. The summed E-state index contributed by atoms with van der Waals surface area (Å²) in [4.78, 5) is 22.0. The Morgan fingerprint density at radius 2 is 1.83 bits per heavy atom. The summed E-state index contributed by atoms with van der Waals surface area (Å²) in [6.07, 6.45) is -8.57. The molecule has 6 nitrogen and oxygen atoms in total. The molecule has 0 spiro atoms. The van der Waals surface area contributed by atoms with Crippen LogP contribution >= 0.6 is 0 Å². The summed E-state index contributed by atoms with van der Waals surface area (Å²) in [5, 5.41) is 3.11. The minimum Gasteiger partial charge on any atom is -0.303 e. The quantitative estimate of drug-likeness (QED) is 0.483. The van der Waals surface area contributed by atoms with Gasteiger partial charge in [-0.05, 0) is 13.0 Å². The summed E-state index contributed by atoms with van der Waals surface area (Å²) < 4.78 is 73.5. The minimum atomic E-state index is -5.05. The van der Waals surface area contributed by atoms with Gasteiger partial charge in [0, 0.05) is 18.0 Å². The van der Waals surface area contributed by atoms with Crippen LogP contribution in [0.2, 0.25) is 0 Å². The highest BCUT2D eigenvalue weighted by Gasteiger charge is 2.36. The SMILES string of the molecule is CC(=CC(=O)C(F)(F)F)NNC(=O)Cn1ccc(C(F)(F)F)n1. The van der Waals surface area contributed by atoms with Gasteiger partial charge in [-0.25, -0.2) is 0 Å². The molecule has 0 fully saturated rings. The Kier molecular flexibility index (Phi) is 5.40. The van der Waals surface area contributed by atoms with Crippen molar-refractivity contribution in [3.8, 4) is 0 Å². The van der Waals surface area contributed by atoms with Gasteiger partial charge in [-0.3, -0.25) is 19.7 Å². The number of rotatable bonds is 5. The number of hydrogen-bond acceptors (Lipinski definition) is 4. The van der Waals surface area contributed by atoms with Crippen molar-refractivity contribution in [3.05, 3.63) is 29.7 Å². The number of aromatic nitrogens is 2. The van der Waals surface area contributed by atoms with Gasteiger partial charge in [-0.1, -0.05) is 0 Å². The van der Waals surface area contributed by atoms with Crippen molar-refractivity contribution >= 4 is 11.7 Å². The first kappa shape index (κ1) is 18.5. The predicted octanol–water partition coefficient (Wildman–Crippen LogP) is 1.56. The summed E-state index contributed by atoms with van der Waals surface area (Å²) >= 11 is 0. The molecule has 23 heavy (non-hydrogen) atoms. The lowest BCUT2D eigenvalue weighted by Crippen LogP contribution is -2.39. The number of amides is 1. The molecule has 12 heteroatoms. The summed E-state index contributed by atoms with van der Waals surface area (Å²) in [6, 6.07) is 0.661. The van der Waals surface area contributed by atoms with Crippen LogP contribution in [0.1, 0.15) is 12.6 Å². The molecule has 1 rings (SSSR count).